The number of ether oxygens (including phenoxy) is 1. The maximum absolute atomic E-state index is 5.52. The van der Waals surface area contributed by atoms with Gasteiger partial charge in [-0.15, -0.1) is 5.10 Å². The first kappa shape index (κ1) is 10.9. The topological polar surface area (TPSA) is 66.0 Å². The Bertz CT molecular complexity index is 457. The van der Waals surface area contributed by atoms with E-state index in [9.17, 15) is 0 Å². The van der Waals surface area contributed by atoms with Crippen molar-refractivity contribution in [1.29, 1.82) is 0 Å². The number of hydrogen-bond acceptors (Lipinski definition) is 4. The summed E-state index contributed by atoms with van der Waals surface area (Å²) < 4.78 is 7.79. The predicted molar refractivity (Wildman–Crippen MR) is 64.1 cm³/mol. The Kier molecular flexibility index (Phi) is 3.40. The number of hydrogen-bond donors (Lipinski definition) is 1. The van der Waals surface area contributed by atoms with Gasteiger partial charge in [0.05, 0.1) is 6.54 Å². The number of halogens is 1. The van der Waals surface area contributed by atoms with E-state index in [1.165, 1.54) is 0 Å². The SMILES string of the molecule is Nc1nc(Br)n(CCOc2ccccc2)n1. The predicted octanol–water partition coefficient (Wildman–Crippen LogP) is 1.70. The third-order valence-corrected chi connectivity index (χ3v) is 2.54. The largest absolute Gasteiger partial charge is 0.492 e. The summed E-state index contributed by atoms with van der Waals surface area (Å²) in [6.45, 7) is 1.12. The van der Waals surface area contributed by atoms with Gasteiger partial charge in [0.25, 0.3) is 0 Å². The van der Waals surface area contributed by atoms with Crippen molar-refractivity contribution in [2.24, 2.45) is 0 Å². The van der Waals surface area contributed by atoms with Crippen molar-refractivity contribution in [3.8, 4) is 5.75 Å². The summed E-state index contributed by atoms with van der Waals surface area (Å²) in [6.07, 6.45) is 0. The Hall–Kier alpha value is -1.56. The summed E-state index contributed by atoms with van der Waals surface area (Å²) >= 11 is 3.26. The van der Waals surface area contributed by atoms with E-state index in [0.29, 0.717) is 17.9 Å². The highest BCUT2D eigenvalue weighted by molar-refractivity contribution is 9.10. The monoisotopic (exact) mass is 282 g/mol. The molecule has 0 bridgehead atoms. The first-order valence-corrected chi connectivity index (χ1v) is 5.58. The minimum absolute atomic E-state index is 0.256. The average molecular weight is 283 g/mol. The van der Waals surface area contributed by atoms with Crippen LogP contribution in [0.25, 0.3) is 0 Å². The van der Waals surface area contributed by atoms with Crippen molar-refractivity contribution in [2.75, 3.05) is 12.3 Å². The zero-order valence-electron chi connectivity index (χ0n) is 8.51. The molecule has 2 rings (SSSR count). The molecule has 0 atom stereocenters. The molecule has 16 heavy (non-hydrogen) atoms. The van der Waals surface area contributed by atoms with Gasteiger partial charge in [-0.1, -0.05) is 18.2 Å². The van der Waals surface area contributed by atoms with Gasteiger partial charge >= 0.3 is 0 Å². The van der Waals surface area contributed by atoms with Crippen molar-refractivity contribution in [3.05, 3.63) is 35.1 Å². The zero-order valence-corrected chi connectivity index (χ0v) is 10.1. The molecule has 1 aromatic heterocycles. The third kappa shape index (κ3) is 2.73. The van der Waals surface area contributed by atoms with E-state index < -0.39 is 0 Å². The number of para-hydroxylation sites is 1. The zero-order chi connectivity index (χ0) is 11.4. The van der Waals surface area contributed by atoms with Crippen molar-refractivity contribution in [1.82, 2.24) is 14.8 Å². The van der Waals surface area contributed by atoms with E-state index >= 15 is 0 Å². The molecule has 0 fully saturated rings. The Morgan fingerprint density at radius 2 is 2.06 bits per heavy atom. The van der Waals surface area contributed by atoms with Gasteiger partial charge in [-0.25, -0.2) is 4.68 Å². The van der Waals surface area contributed by atoms with Crippen LogP contribution in [0, 0.1) is 0 Å². The molecule has 0 unspecified atom stereocenters. The van der Waals surface area contributed by atoms with E-state index in [4.69, 9.17) is 10.5 Å². The second kappa shape index (κ2) is 4.98. The second-order valence-corrected chi connectivity index (χ2v) is 3.83. The van der Waals surface area contributed by atoms with Crippen molar-refractivity contribution < 1.29 is 4.74 Å². The molecule has 1 heterocycles. The normalized spacial score (nSPS) is 10.3. The van der Waals surface area contributed by atoms with E-state index in [0.717, 1.165) is 5.75 Å². The summed E-state index contributed by atoms with van der Waals surface area (Å²) in [5.74, 6) is 1.10. The molecule has 6 heteroatoms. The fraction of sp³-hybridized carbons (Fsp3) is 0.200. The van der Waals surface area contributed by atoms with E-state index in [2.05, 4.69) is 26.0 Å². The van der Waals surface area contributed by atoms with Crippen LogP contribution in [0.2, 0.25) is 0 Å². The van der Waals surface area contributed by atoms with E-state index in [1.54, 1.807) is 4.68 Å². The van der Waals surface area contributed by atoms with Gasteiger partial charge < -0.3 is 10.5 Å². The van der Waals surface area contributed by atoms with Crippen LogP contribution in [0.15, 0.2) is 35.1 Å². The minimum Gasteiger partial charge on any atom is -0.492 e. The lowest BCUT2D eigenvalue weighted by molar-refractivity contribution is 0.290. The van der Waals surface area contributed by atoms with Crippen LogP contribution >= 0.6 is 15.9 Å². The molecule has 0 aliphatic rings. The van der Waals surface area contributed by atoms with Crippen LogP contribution in [0.5, 0.6) is 5.75 Å². The van der Waals surface area contributed by atoms with Crippen molar-refractivity contribution in [3.63, 3.8) is 0 Å². The lowest BCUT2D eigenvalue weighted by Crippen LogP contribution is -2.10. The first-order valence-electron chi connectivity index (χ1n) is 4.79. The quantitative estimate of drug-likeness (QED) is 0.927. The third-order valence-electron chi connectivity index (χ3n) is 1.96. The molecule has 84 valence electrons. The van der Waals surface area contributed by atoms with Gasteiger partial charge in [0.2, 0.25) is 5.95 Å². The molecule has 2 aromatic rings. The lowest BCUT2D eigenvalue weighted by Gasteiger charge is -2.05. The summed E-state index contributed by atoms with van der Waals surface area (Å²) in [7, 11) is 0. The molecule has 0 saturated carbocycles. The molecular formula is C10H11BrN4O. The second-order valence-electron chi connectivity index (χ2n) is 3.12. The van der Waals surface area contributed by atoms with Gasteiger partial charge in [0, 0.05) is 0 Å². The number of nitrogens with two attached hydrogens (primary N) is 1. The average Bonchev–Trinajstić information content (AvgIpc) is 2.59. The van der Waals surface area contributed by atoms with E-state index in [-0.39, 0.29) is 5.95 Å². The highest BCUT2D eigenvalue weighted by Gasteiger charge is 2.03. The smallest absolute Gasteiger partial charge is 0.240 e. The Balaban J connectivity index is 1.87. The van der Waals surface area contributed by atoms with Crippen molar-refractivity contribution >= 4 is 21.9 Å². The molecule has 0 saturated heterocycles. The van der Waals surface area contributed by atoms with Gasteiger partial charge in [-0.05, 0) is 28.1 Å². The highest BCUT2D eigenvalue weighted by atomic mass is 79.9. The van der Waals surface area contributed by atoms with Crippen LogP contribution < -0.4 is 10.5 Å². The van der Waals surface area contributed by atoms with Gasteiger partial charge in [0.1, 0.15) is 12.4 Å². The molecule has 2 N–H and O–H groups in total. The summed E-state index contributed by atoms with van der Waals surface area (Å²) in [6, 6.07) is 9.62. The number of aromatic nitrogens is 3. The Morgan fingerprint density at radius 1 is 1.31 bits per heavy atom. The molecule has 0 aliphatic heterocycles. The highest BCUT2D eigenvalue weighted by Crippen LogP contribution is 2.10. The molecule has 0 spiro atoms. The lowest BCUT2D eigenvalue weighted by atomic mass is 10.3. The summed E-state index contributed by atoms with van der Waals surface area (Å²) in [4.78, 5) is 3.93. The standard InChI is InChI=1S/C10H11BrN4O/c11-9-13-10(12)14-15(9)6-7-16-8-4-2-1-3-5-8/h1-5H,6-7H2,(H2,12,14). The van der Waals surface area contributed by atoms with Crippen LogP contribution in [0.3, 0.4) is 0 Å². The fourth-order valence-electron chi connectivity index (χ4n) is 1.25. The number of nitrogen functional groups attached to an aromatic ring is 1. The van der Waals surface area contributed by atoms with E-state index in [1.807, 2.05) is 30.3 Å². The molecular weight excluding hydrogens is 272 g/mol. The number of nitrogens with zero attached hydrogens (tertiary/aromatic N) is 3. The molecule has 0 amide bonds. The number of rotatable bonds is 4. The maximum atomic E-state index is 5.52. The number of anilines is 1. The Morgan fingerprint density at radius 3 is 2.69 bits per heavy atom. The van der Waals surface area contributed by atoms with Crippen molar-refractivity contribution in [2.45, 2.75) is 6.54 Å². The minimum atomic E-state index is 0.256. The van der Waals surface area contributed by atoms with Gasteiger partial charge in [-0.2, -0.15) is 4.98 Å². The van der Waals surface area contributed by atoms with Crippen LogP contribution in [-0.4, -0.2) is 21.4 Å². The molecule has 5 nitrogen and oxygen atoms in total. The fourth-order valence-corrected chi connectivity index (χ4v) is 1.69. The molecule has 0 radical (unpaired) electrons. The van der Waals surface area contributed by atoms with Crippen LogP contribution in [0.4, 0.5) is 5.95 Å². The van der Waals surface area contributed by atoms with Crippen LogP contribution in [-0.2, 0) is 6.54 Å². The molecule has 1 aromatic carbocycles. The van der Waals surface area contributed by atoms with Crippen LogP contribution in [0.1, 0.15) is 0 Å². The van der Waals surface area contributed by atoms with Gasteiger partial charge in [0.15, 0.2) is 4.73 Å². The maximum Gasteiger partial charge on any atom is 0.240 e. The van der Waals surface area contributed by atoms with Gasteiger partial charge in [-0.3, -0.25) is 0 Å². The summed E-state index contributed by atoms with van der Waals surface area (Å²) in [5, 5.41) is 4.00. The Labute approximate surface area is 101 Å². The number of benzene rings is 1. The summed E-state index contributed by atoms with van der Waals surface area (Å²) in [5.41, 5.74) is 5.45. The molecule has 0 aliphatic carbocycles. The first-order chi connectivity index (χ1) is 7.75.